The Morgan fingerprint density at radius 3 is 0.881 bits per heavy atom. The van der Waals surface area contributed by atoms with Crippen LogP contribution in [-0.4, -0.2) is 37.4 Å². The molecular weight excluding hydrogens is 819 g/mol. The lowest BCUT2D eigenvalue weighted by molar-refractivity contribution is 0.00578. The average Bonchev–Trinajstić information content (AvgIpc) is 4.15. The van der Waals surface area contributed by atoms with E-state index in [1.54, 1.807) is 0 Å². The zero-order valence-electron chi connectivity index (χ0n) is 38.0. The summed E-state index contributed by atoms with van der Waals surface area (Å²) in [6.07, 6.45) is 0. The number of nitrogens with one attached hydrogen (secondary N) is 2. The smallest absolute Gasteiger partial charge is 0.399 e. The molecule has 67 heavy (non-hydrogen) atoms. The van der Waals surface area contributed by atoms with Crippen molar-refractivity contribution in [3.05, 3.63) is 212 Å². The van der Waals surface area contributed by atoms with Crippen molar-refractivity contribution in [1.82, 2.24) is 19.1 Å². The molecule has 0 atom stereocenters. The molecule has 0 spiro atoms. The molecule has 6 nitrogen and oxygen atoms in total. The molecule has 324 valence electrons. The van der Waals surface area contributed by atoms with Crippen LogP contribution >= 0.6 is 0 Å². The first-order chi connectivity index (χ1) is 32.7. The second-order valence-electron chi connectivity index (χ2n) is 18.5. The van der Waals surface area contributed by atoms with E-state index >= 15 is 0 Å². The van der Waals surface area contributed by atoms with Crippen LogP contribution in [0.1, 0.15) is 27.7 Å². The highest BCUT2D eigenvalue weighted by Gasteiger charge is 2.52. The molecule has 14 rings (SSSR count). The molecule has 1 saturated heterocycles. The summed E-state index contributed by atoms with van der Waals surface area (Å²) in [4.78, 5) is 6.76. The Morgan fingerprint density at radius 1 is 0.328 bits per heavy atom. The molecule has 1 aliphatic rings. The van der Waals surface area contributed by atoms with Gasteiger partial charge in [-0.15, -0.1) is 0 Å². The predicted octanol–water partition coefficient (Wildman–Crippen LogP) is 14.8. The Labute approximate surface area is 389 Å². The first kappa shape index (κ1) is 40.7. The van der Waals surface area contributed by atoms with Gasteiger partial charge in [-0.05, 0) is 99.9 Å². The van der Waals surface area contributed by atoms with Gasteiger partial charge in [-0.2, -0.15) is 0 Å². The molecule has 0 saturated carbocycles. The predicted molar refractivity (Wildman–Crippen MR) is 282 cm³/mol. The number of hydrogen-bond acceptors (Lipinski definition) is 2. The van der Waals surface area contributed by atoms with Crippen molar-refractivity contribution in [2.75, 3.05) is 0 Å². The van der Waals surface area contributed by atoms with E-state index in [0.717, 1.165) is 16.8 Å². The van der Waals surface area contributed by atoms with Crippen molar-refractivity contribution >= 4 is 99.8 Å². The van der Waals surface area contributed by atoms with E-state index in [1.165, 1.54) is 87.2 Å². The summed E-state index contributed by atoms with van der Waals surface area (Å²) in [5.74, 6) is 0. The average molecular weight is 869 g/mol. The zero-order chi connectivity index (χ0) is 45.3. The van der Waals surface area contributed by atoms with Gasteiger partial charge in [0.05, 0.1) is 33.3 Å². The van der Waals surface area contributed by atoms with Crippen molar-refractivity contribution in [3.63, 3.8) is 0 Å². The molecule has 0 radical (unpaired) electrons. The van der Waals surface area contributed by atoms with Crippen LogP contribution in [0, 0.1) is 0 Å². The topological polar surface area (TPSA) is 59.9 Å². The standard InChI is InChI=1S/C36H31BN2O2.2C12H9N/c1-35(2)36(3,4)41-37(40-35)24-21-25(38-31-17-9-5-13-27(31)28-14-6-10-18-32(28)38)23-26(22-24)39-33-19-11-7-15-29(33)30-16-8-12-20-34(30)39;2*1-3-7-11-9(5-1)10-6-2-4-8-12(10)13-11/h5-23H,1-4H3;2*1-8,13H. The molecule has 7 heteroatoms. The fraction of sp³-hybridized carbons (Fsp3) is 0.100. The number of hydrogen-bond donors (Lipinski definition) is 2. The minimum Gasteiger partial charge on any atom is -0.399 e. The minimum absolute atomic E-state index is 0.437. The van der Waals surface area contributed by atoms with Crippen molar-refractivity contribution in [2.45, 2.75) is 38.9 Å². The molecule has 1 fully saturated rings. The highest BCUT2D eigenvalue weighted by atomic mass is 16.7. The van der Waals surface area contributed by atoms with E-state index in [9.17, 15) is 0 Å². The van der Waals surface area contributed by atoms with Crippen molar-refractivity contribution < 1.29 is 9.31 Å². The van der Waals surface area contributed by atoms with Crippen molar-refractivity contribution in [1.29, 1.82) is 0 Å². The van der Waals surface area contributed by atoms with Crippen LogP contribution in [-0.2, 0) is 9.31 Å². The molecule has 4 aromatic heterocycles. The van der Waals surface area contributed by atoms with Crippen LogP contribution in [0.4, 0.5) is 0 Å². The summed E-state index contributed by atoms with van der Waals surface area (Å²) in [5.41, 5.74) is 11.8. The number of aromatic amines is 2. The van der Waals surface area contributed by atoms with Crippen LogP contribution in [0.25, 0.3) is 98.6 Å². The van der Waals surface area contributed by atoms with Gasteiger partial charge in [-0.25, -0.2) is 0 Å². The number of nitrogens with zero attached hydrogens (tertiary/aromatic N) is 2. The Kier molecular flexibility index (Phi) is 9.68. The van der Waals surface area contributed by atoms with Crippen molar-refractivity contribution in [3.8, 4) is 11.4 Å². The second-order valence-corrected chi connectivity index (χ2v) is 18.5. The lowest BCUT2D eigenvalue weighted by atomic mass is 9.78. The summed E-state index contributed by atoms with van der Waals surface area (Å²) in [6.45, 7) is 8.44. The highest BCUT2D eigenvalue weighted by molar-refractivity contribution is 6.62. The number of fused-ring (bicyclic) bond motifs is 12. The number of H-pyrrole nitrogens is 2. The fourth-order valence-corrected chi connectivity index (χ4v) is 9.99. The van der Waals surface area contributed by atoms with E-state index in [0.29, 0.717) is 0 Å². The molecule has 0 bridgehead atoms. The Morgan fingerprint density at radius 2 is 0.582 bits per heavy atom. The van der Waals surface area contributed by atoms with E-state index in [1.807, 2.05) is 0 Å². The second kappa shape index (κ2) is 15.9. The molecule has 0 unspecified atom stereocenters. The number of benzene rings is 9. The highest BCUT2D eigenvalue weighted by Crippen LogP contribution is 2.39. The van der Waals surface area contributed by atoms with Gasteiger partial charge in [-0.3, -0.25) is 0 Å². The third-order valence-corrected chi connectivity index (χ3v) is 14.0. The van der Waals surface area contributed by atoms with Crippen molar-refractivity contribution in [2.24, 2.45) is 0 Å². The molecule has 1 aliphatic heterocycles. The van der Waals surface area contributed by atoms with Crippen LogP contribution in [0.3, 0.4) is 0 Å². The molecule has 0 aliphatic carbocycles. The van der Waals surface area contributed by atoms with Gasteiger partial charge in [0.2, 0.25) is 0 Å². The molecule has 2 N–H and O–H groups in total. The first-order valence-electron chi connectivity index (χ1n) is 23.1. The Balaban J connectivity index is 0.000000144. The normalized spacial score (nSPS) is 14.4. The van der Waals surface area contributed by atoms with Gasteiger partial charge < -0.3 is 28.4 Å². The first-order valence-corrected chi connectivity index (χ1v) is 23.1. The van der Waals surface area contributed by atoms with E-state index < -0.39 is 18.3 Å². The maximum atomic E-state index is 6.60. The van der Waals surface area contributed by atoms with Crippen LogP contribution in [0.15, 0.2) is 212 Å². The third kappa shape index (κ3) is 6.89. The van der Waals surface area contributed by atoms with Crippen LogP contribution < -0.4 is 5.46 Å². The summed E-state index contributed by atoms with van der Waals surface area (Å²) >= 11 is 0. The summed E-state index contributed by atoms with van der Waals surface area (Å²) in [5, 5.41) is 10.2. The number of para-hydroxylation sites is 8. The Bertz CT molecular complexity index is 3520. The lowest BCUT2D eigenvalue weighted by Gasteiger charge is -2.32. The van der Waals surface area contributed by atoms with Gasteiger partial charge in [-0.1, -0.05) is 146 Å². The van der Waals surface area contributed by atoms with Gasteiger partial charge in [0.1, 0.15) is 0 Å². The van der Waals surface area contributed by atoms with Crippen LogP contribution in [0.5, 0.6) is 0 Å². The summed E-state index contributed by atoms with van der Waals surface area (Å²) < 4.78 is 18.0. The van der Waals surface area contributed by atoms with Gasteiger partial charge in [0, 0.05) is 76.5 Å². The number of aromatic nitrogens is 4. The SMILES string of the molecule is CC1(C)OB(c2cc(-n3c4ccccc4c4ccccc43)cc(-n3c4ccccc4c4ccccc43)c2)OC1(C)C.c1ccc2c(c1)[nH]c1ccccc12.c1ccc2c(c1)[nH]c1ccccc12. The molecule has 5 heterocycles. The summed E-state index contributed by atoms with van der Waals surface area (Å²) in [6, 6.07) is 74.9. The lowest BCUT2D eigenvalue weighted by Crippen LogP contribution is -2.41. The molecule has 0 amide bonds. The fourth-order valence-electron chi connectivity index (χ4n) is 9.99. The molecule has 13 aromatic rings. The van der Waals surface area contributed by atoms with E-state index in [-0.39, 0.29) is 0 Å². The largest absolute Gasteiger partial charge is 0.494 e. The van der Waals surface area contributed by atoms with Crippen LogP contribution in [0.2, 0.25) is 0 Å². The zero-order valence-corrected chi connectivity index (χ0v) is 38.0. The quantitative estimate of drug-likeness (QED) is 0.174. The monoisotopic (exact) mass is 868 g/mol. The Hall–Kier alpha value is -7.84. The minimum atomic E-state index is -0.486. The molecular formula is C60H49BN4O2. The van der Waals surface area contributed by atoms with Gasteiger partial charge >= 0.3 is 7.12 Å². The number of rotatable bonds is 3. The molecule has 9 aromatic carbocycles. The van der Waals surface area contributed by atoms with E-state index in [4.69, 9.17) is 9.31 Å². The summed E-state index contributed by atoms with van der Waals surface area (Å²) in [7, 11) is -0.486. The van der Waals surface area contributed by atoms with Gasteiger partial charge in [0.15, 0.2) is 0 Å². The maximum Gasteiger partial charge on any atom is 0.494 e. The van der Waals surface area contributed by atoms with Gasteiger partial charge in [0.25, 0.3) is 0 Å². The van der Waals surface area contributed by atoms with E-state index in [2.05, 4.69) is 259 Å². The third-order valence-electron chi connectivity index (χ3n) is 14.0. The maximum absolute atomic E-state index is 6.60.